The second kappa shape index (κ2) is 6.62. The van der Waals surface area contributed by atoms with E-state index in [9.17, 15) is 4.79 Å². The van der Waals surface area contributed by atoms with Gasteiger partial charge in [0.1, 0.15) is 5.76 Å². The fourth-order valence-corrected chi connectivity index (χ4v) is 2.17. The summed E-state index contributed by atoms with van der Waals surface area (Å²) in [5, 5.41) is 14.4. The third kappa shape index (κ3) is 3.40. The predicted octanol–water partition coefficient (Wildman–Crippen LogP) is 3.25. The number of hydrogen-bond acceptors (Lipinski definition) is 5. The van der Waals surface area contributed by atoms with Gasteiger partial charge in [-0.2, -0.15) is 0 Å². The third-order valence-corrected chi connectivity index (χ3v) is 3.40. The highest BCUT2D eigenvalue weighted by Crippen LogP contribution is 2.24. The van der Waals surface area contributed by atoms with Crippen molar-refractivity contribution in [2.24, 2.45) is 0 Å². The smallest absolute Gasteiger partial charge is 0.293 e. The normalized spacial score (nSPS) is 10.7. The predicted molar refractivity (Wildman–Crippen MR) is 85.2 cm³/mol. The van der Waals surface area contributed by atoms with Gasteiger partial charge in [0.15, 0.2) is 5.76 Å². The first-order valence-electron chi connectivity index (χ1n) is 7.10. The van der Waals surface area contributed by atoms with Crippen molar-refractivity contribution in [1.29, 1.82) is 0 Å². The van der Waals surface area contributed by atoms with Gasteiger partial charge in [-0.1, -0.05) is 23.6 Å². The molecule has 0 fully saturated rings. The Labute approximate surface area is 137 Å². The molecule has 0 radical (unpaired) electrons. The van der Waals surface area contributed by atoms with Gasteiger partial charge in [-0.25, -0.2) is 4.68 Å². The fraction of sp³-hybridized carbons (Fsp3) is 0.200. The Bertz CT molecular complexity index is 809. The molecule has 0 atom stereocenters. The van der Waals surface area contributed by atoms with Gasteiger partial charge in [-0.15, -0.1) is 0 Å². The number of hydrogen-bond donors (Lipinski definition) is 1. The fourth-order valence-electron chi connectivity index (χ4n) is 2.05. The van der Waals surface area contributed by atoms with Crippen molar-refractivity contribution in [3.8, 4) is 11.3 Å². The van der Waals surface area contributed by atoms with Crippen LogP contribution in [0.1, 0.15) is 23.9 Å². The van der Waals surface area contributed by atoms with Crippen LogP contribution in [-0.4, -0.2) is 26.1 Å². The van der Waals surface area contributed by atoms with Crippen molar-refractivity contribution in [3.05, 3.63) is 47.2 Å². The van der Waals surface area contributed by atoms with E-state index in [0.717, 1.165) is 12.0 Å². The molecule has 0 bridgehead atoms. The van der Waals surface area contributed by atoms with Gasteiger partial charge >= 0.3 is 0 Å². The van der Waals surface area contributed by atoms with Crippen LogP contribution in [0.15, 0.2) is 40.8 Å². The highest BCUT2D eigenvalue weighted by molar-refractivity contribution is 6.30. The zero-order valence-electron chi connectivity index (χ0n) is 12.4. The summed E-state index contributed by atoms with van der Waals surface area (Å²) in [5.74, 6) is 0.652. The molecule has 0 saturated heterocycles. The molecule has 3 aromatic rings. The molecular formula is C15H14ClN5O2. The number of nitrogens with one attached hydrogen (secondary N) is 1. The van der Waals surface area contributed by atoms with Crippen LogP contribution in [0.4, 0.5) is 5.95 Å². The van der Waals surface area contributed by atoms with Crippen molar-refractivity contribution in [1.82, 2.24) is 20.2 Å². The number of benzene rings is 1. The van der Waals surface area contributed by atoms with E-state index >= 15 is 0 Å². The van der Waals surface area contributed by atoms with Crippen LogP contribution in [0.25, 0.3) is 11.3 Å². The van der Waals surface area contributed by atoms with Crippen LogP contribution < -0.4 is 5.32 Å². The first-order chi connectivity index (χ1) is 11.2. The molecule has 3 rings (SSSR count). The zero-order valence-corrected chi connectivity index (χ0v) is 13.1. The number of aromatic nitrogens is 4. The van der Waals surface area contributed by atoms with Crippen LogP contribution in [0.3, 0.4) is 0 Å². The minimum absolute atomic E-state index is 0.181. The number of halogens is 1. The molecule has 0 unspecified atom stereocenters. The molecule has 1 amide bonds. The van der Waals surface area contributed by atoms with Crippen LogP contribution in [0.2, 0.25) is 5.02 Å². The Balaban J connectivity index is 1.76. The summed E-state index contributed by atoms with van der Waals surface area (Å²) >= 11 is 5.86. The third-order valence-electron chi connectivity index (χ3n) is 3.15. The molecule has 0 aliphatic heterocycles. The summed E-state index contributed by atoms with van der Waals surface area (Å²) in [6.45, 7) is 2.62. The van der Waals surface area contributed by atoms with Gasteiger partial charge in [0, 0.05) is 17.1 Å². The topological polar surface area (TPSA) is 85.8 Å². The molecule has 2 heterocycles. The number of tetrazole rings is 1. The second-order valence-corrected chi connectivity index (χ2v) is 5.29. The standard InChI is InChI=1S/C15H14ClN5O2/c1-2-9-21-15(18-19-20-21)17-14(22)13-8-7-12(23-13)10-3-5-11(16)6-4-10/h3-8H,2,9H2,1H3,(H,17,18,20,22). The van der Waals surface area contributed by atoms with Gasteiger partial charge < -0.3 is 4.42 Å². The summed E-state index contributed by atoms with van der Waals surface area (Å²) < 4.78 is 7.12. The molecular weight excluding hydrogens is 318 g/mol. The lowest BCUT2D eigenvalue weighted by atomic mass is 10.2. The van der Waals surface area contributed by atoms with E-state index in [4.69, 9.17) is 16.0 Å². The Morgan fingerprint density at radius 2 is 2.04 bits per heavy atom. The minimum Gasteiger partial charge on any atom is -0.451 e. The SMILES string of the molecule is CCCn1nnnc1NC(=O)c1ccc(-c2ccc(Cl)cc2)o1. The quantitative estimate of drug-likeness (QED) is 0.775. The van der Waals surface area contributed by atoms with Gasteiger partial charge in [-0.05, 0) is 53.2 Å². The number of furan rings is 1. The van der Waals surface area contributed by atoms with Crippen LogP contribution in [-0.2, 0) is 6.54 Å². The van der Waals surface area contributed by atoms with Crippen molar-refractivity contribution in [2.45, 2.75) is 19.9 Å². The highest BCUT2D eigenvalue weighted by atomic mass is 35.5. The zero-order chi connectivity index (χ0) is 16.2. The molecule has 0 aliphatic carbocycles. The Morgan fingerprint density at radius 1 is 1.26 bits per heavy atom. The molecule has 8 heteroatoms. The molecule has 118 valence electrons. The Hall–Kier alpha value is -2.67. The maximum Gasteiger partial charge on any atom is 0.293 e. The average Bonchev–Trinajstić information content (AvgIpc) is 3.18. The number of carbonyl (C=O) groups excluding carboxylic acids is 1. The minimum atomic E-state index is -0.405. The van der Waals surface area contributed by atoms with E-state index in [1.165, 1.54) is 4.68 Å². The van der Waals surface area contributed by atoms with E-state index < -0.39 is 5.91 Å². The van der Waals surface area contributed by atoms with Crippen molar-refractivity contribution in [3.63, 3.8) is 0 Å². The molecule has 1 N–H and O–H groups in total. The molecule has 7 nitrogen and oxygen atoms in total. The molecule has 1 aromatic carbocycles. The van der Waals surface area contributed by atoms with Gasteiger partial charge in [-0.3, -0.25) is 10.1 Å². The van der Waals surface area contributed by atoms with Gasteiger partial charge in [0.25, 0.3) is 5.91 Å². The average molecular weight is 332 g/mol. The number of aryl methyl sites for hydroxylation is 1. The first-order valence-corrected chi connectivity index (χ1v) is 7.48. The monoisotopic (exact) mass is 331 g/mol. The van der Waals surface area contributed by atoms with Crippen LogP contribution >= 0.6 is 11.6 Å². The number of anilines is 1. The Morgan fingerprint density at radius 3 is 2.78 bits per heavy atom. The summed E-state index contributed by atoms with van der Waals surface area (Å²) in [6, 6.07) is 10.5. The number of rotatable bonds is 5. The summed E-state index contributed by atoms with van der Waals surface area (Å²) in [5.41, 5.74) is 0.837. The second-order valence-electron chi connectivity index (χ2n) is 4.85. The van der Waals surface area contributed by atoms with E-state index in [2.05, 4.69) is 20.8 Å². The largest absolute Gasteiger partial charge is 0.451 e. The van der Waals surface area contributed by atoms with Crippen molar-refractivity contribution < 1.29 is 9.21 Å². The molecule has 0 spiro atoms. The van der Waals surface area contributed by atoms with Crippen LogP contribution in [0.5, 0.6) is 0 Å². The summed E-state index contributed by atoms with van der Waals surface area (Å²) in [6.07, 6.45) is 0.857. The van der Waals surface area contributed by atoms with Gasteiger partial charge in [0.05, 0.1) is 0 Å². The number of nitrogens with zero attached hydrogens (tertiary/aromatic N) is 4. The molecule has 2 aromatic heterocycles. The number of amides is 1. The first kappa shape index (κ1) is 15.2. The van der Waals surface area contributed by atoms with Gasteiger partial charge in [0.2, 0.25) is 5.95 Å². The maximum atomic E-state index is 12.2. The lowest BCUT2D eigenvalue weighted by Gasteiger charge is -2.03. The van der Waals surface area contributed by atoms with E-state index in [1.54, 1.807) is 24.3 Å². The summed E-state index contributed by atoms with van der Waals surface area (Å²) in [7, 11) is 0. The number of carbonyl (C=O) groups is 1. The van der Waals surface area contributed by atoms with E-state index in [-0.39, 0.29) is 5.76 Å². The van der Waals surface area contributed by atoms with E-state index in [0.29, 0.717) is 23.3 Å². The van der Waals surface area contributed by atoms with E-state index in [1.807, 2.05) is 19.1 Å². The van der Waals surface area contributed by atoms with Crippen molar-refractivity contribution >= 4 is 23.5 Å². The van der Waals surface area contributed by atoms with Crippen molar-refractivity contribution in [2.75, 3.05) is 5.32 Å². The lowest BCUT2D eigenvalue weighted by Crippen LogP contribution is -2.16. The molecule has 0 saturated carbocycles. The Kier molecular flexibility index (Phi) is 4.38. The lowest BCUT2D eigenvalue weighted by molar-refractivity contribution is 0.0996. The highest BCUT2D eigenvalue weighted by Gasteiger charge is 2.15. The van der Waals surface area contributed by atoms with Crippen LogP contribution in [0, 0.1) is 0 Å². The maximum absolute atomic E-state index is 12.2. The molecule has 0 aliphatic rings. The summed E-state index contributed by atoms with van der Waals surface area (Å²) in [4.78, 5) is 12.2. The molecule has 23 heavy (non-hydrogen) atoms.